The molecule has 1 aromatic rings. The molecule has 1 heterocycles. The first-order valence-corrected chi connectivity index (χ1v) is 7.33. The van der Waals surface area contributed by atoms with Gasteiger partial charge in [-0.25, -0.2) is 8.78 Å². The third kappa shape index (κ3) is 3.15. The van der Waals surface area contributed by atoms with Gasteiger partial charge < -0.3 is 10.6 Å². The molecule has 2 N–H and O–H groups in total. The lowest BCUT2D eigenvalue weighted by Gasteiger charge is -2.32. The molecule has 2 rings (SSSR count). The summed E-state index contributed by atoms with van der Waals surface area (Å²) in [6.45, 7) is 0.760. The summed E-state index contributed by atoms with van der Waals surface area (Å²) in [6, 6.07) is 2.15. The Hall–Kier alpha value is -1.08. The highest BCUT2D eigenvalue weighted by atomic mass is 79.9. The quantitative estimate of drug-likeness (QED) is 0.822. The van der Waals surface area contributed by atoms with Crippen LogP contribution in [0.15, 0.2) is 16.6 Å². The number of hydrogen-bond donors (Lipinski definition) is 1. The second-order valence-electron chi connectivity index (χ2n) is 4.74. The Morgan fingerprint density at radius 3 is 2.55 bits per heavy atom. The number of nitrogens with zero attached hydrogens (tertiary/aromatic N) is 1. The second kappa shape index (κ2) is 6.13. The SMILES string of the molecule is NC(=S)C1CCCN(C(=O)c2c(F)cc(Br)cc2F)C1. The molecule has 0 aromatic heterocycles. The van der Waals surface area contributed by atoms with Crippen LogP contribution in [0.2, 0.25) is 0 Å². The van der Waals surface area contributed by atoms with Gasteiger partial charge in [0, 0.05) is 23.5 Å². The largest absolute Gasteiger partial charge is 0.393 e. The van der Waals surface area contributed by atoms with Crippen LogP contribution in [0.1, 0.15) is 23.2 Å². The standard InChI is InChI=1S/C13H13BrF2N2OS/c14-8-4-9(15)11(10(16)5-8)13(19)18-3-1-2-7(6-18)12(17)20/h4-5,7H,1-3,6H2,(H2,17,20). The van der Waals surface area contributed by atoms with Crippen LogP contribution in [0.3, 0.4) is 0 Å². The summed E-state index contributed by atoms with van der Waals surface area (Å²) in [5.74, 6) is -2.50. The molecule has 1 aliphatic rings. The fourth-order valence-electron chi connectivity index (χ4n) is 2.30. The van der Waals surface area contributed by atoms with E-state index in [9.17, 15) is 13.6 Å². The van der Waals surface area contributed by atoms with Crippen molar-refractivity contribution in [3.05, 3.63) is 33.8 Å². The first-order valence-electron chi connectivity index (χ1n) is 6.13. The first kappa shape index (κ1) is 15.3. The Morgan fingerprint density at radius 1 is 1.40 bits per heavy atom. The van der Waals surface area contributed by atoms with Crippen molar-refractivity contribution < 1.29 is 13.6 Å². The Morgan fingerprint density at radius 2 is 2.00 bits per heavy atom. The molecule has 0 aliphatic carbocycles. The molecule has 20 heavy (non-hydrogen) atoms. The van der Waals surface area contributed by atoms with E-state index in [2.05, 4.69) is 15.9 Å². The average molecular weight is 363 g/mol. The van der Waals surface area contributed by atoms with E-state index < -0.39 is 23.1 Å². The summed E-state index contributed by atoms with van der Waals surface area (Å²) in [7, 11) is 0. The Kier molecular flexibility index (Phi) is 4.70. The predicted octanol–water partition coefficient (Wildman–Crippen LogP) is 2.87. The highest BCUT2D eigenvalue weighted by Crippen LogP contribution is 2.24. The number of hydrogen-bond acceptors (Lipinski definition) is 2. The highest BCUT2D eigenvalue weighted by molar-refractivity contribution is 9.10. The maximum atomic E-state index is 13.8. The monoisotopic (exact) mass is 362 g/mol. The Balaban J connectivity index is 2.25. The summed E-state index contributed by atoms with van der Waals surface area (Å²) in [6.07, 6.45) is 1.51. The summed E-state index contributed by atoms with van der Waals surface area (Å²) in [5, 5.41) is 0. The Labute approximate surface area is 129 Å². The lowest BCUT2D eigenvalue weighted by molar-refractivity contribution is 0.0693. The molecule has 1 aliphatic heterocycles. The molecule has 7 heteroatoms. The molecular formula is C13H13BrF2N2OS. The topological polar surface area (TPSA) is 46.3 Å². The van der Waals surface area contributed by atoms with E-state index in [1.807, 2.05) is 0 Å². The molecule has 108 valence electrons. The van der Waals surface area contributed by atoms with E-state index >= 15 is 0 Å². The third-order valence-corrected chi connectivity index (χ3v) is 4.12. The third-order valence-electron chi connectivity index (χ3n) is 3.33. The smallest absolute Gasteiger partial charge is 0.259 e. The zero-order valence-corrected chi connectivity index (χ0v) is 12.9. The number of carbonyl (C=O) groups is 1. The molecule has 0 saturated carbocycles. The van der Waals surface area contributed by atoms with Crippen molar-refractivity contribution in [3.63, 3.8) is 0 Å². The maximum absolute atomic E-state index is 13.8. The minimum Gasteiger partial charge on any atom is -0.393 e. The lowest BCUT2D eigenvalue weighted by atomic mass is 9.97. The molecule has 1 saturated heterocycles. The number of nitrogens with two attached hydrogens (primary N) is 1. The van der Waals surface area contributed by atoms with Crippen LogP contribution in [0.5, 0.6) is 0 Å². The number of halogens is 3. The zero-order valence-electron chi connectivity index (χ0n) is 10.5. The molecule has 1 fully saturated rings. The normalized spacial score (nSPS) is 18.9. The molecule has 0 spiro atoms. The number of likely N-dealkylation sites (tertiary alicyclic amines) is 1. The van der Waals surface area contributed by atoms with Crippen LogP contribution in [-0.4, -0.2) is 28.9 Å². The van der Waals surface area contributed by atoms with Crippen molar-refractivity contribution in [2.75, 3.05) is 13.1 Å². The van der Waals surface area contributed by atoms with E-state index in [0.29, 0.717) is 24.5 Å². The van der Waals surface area contributed by atoms with E-state index in [0.717, 1.165) is 18.6 Å². The highest BCUT2D eigenvalue weighted by Gasteiger charge is 2.29. The van der Waals surface area contributed by atoms with Crippen LogP contribution in [-0.2, 0) is 0 Å². The van der Waals surface area contributed by atoms with Crippen LogP contribution >= 0.6 is 28.1 Å². The van der Waals surface area contributed by atoms with Crippen LogP contribution < -0.4 is 5.73 Å². The average Bonchev–Trinajstić information content (AvgIpc) is 2.37. The van der Waals surface area contributed by atoms with Crippen molar-refractivity contribution in [1.82, 2.24) is 4.90 Å². The fraction of sp³-hybridized carbons (Fsp3) is 0.385. The number of piperidine rings is 1. The fourth-order valence-corrected chi connectivity index (χ4v) is 2.89. The van der Waals surface area contributed by atoms with Gasteiger partial charge >= 0.3 is 0 Å². The van der Waals surface area contributed by atoms with Crippen LogP contribution in [0.25, 0.3) is 0 Å². The van der Waals surface area contributed by atoms with Crippen LogP contribution in [0, 0.1) is 17.6 Å². The van der Waals surface area contributed by atoms with Gasteiger partial charge in [0.25, 0.3) is 5.91 Å². The minimum atomic E-state index is -0.876. The summed E-state index contributed by atoms with van der Waals surface area (Å²) < 4.78 is 27.9. The number of benzene rings is 1. The molecular weight excluding hydrogens is 350 g/mol. The van der Waals surface area contributed by atoms with Gasteiger partial charge in [0.2, 0.25) is 0 Å². The van der Waals surface area contributed by atoms with Gasteiger partial charge in [0.1, 0.15) is 17.2 Å². The van der Waals surface area contributed by atoms with Crippen molar-refractivity contribution in [1.29, 1.82) is 0 Å². The van der Waals surface area contributed by atoms with Crippen LogP contribution in [0.4, 0.5) is 8.78 Å². The van der Waals surface area contributed by atoms with E-state index in [1.165, 1.54) is 4.90 Å². The van der Waals surface area contributed by atoms with E-state index in [-0.39, 0.29) is 10.4 Å². The molecule has 0 radical (unpaired) electrons. The number of carbonyl (C=O) groups excluding carboxylic acids is 1. The summed E-state index contributed by atoms with van der Waals surface area (Å²) in [5.41, 5.74) is 5.06. The van der Waals surface area contributed by atoms with Gasteiger partial charge in [-0.05, 0) is 25.0 Å². The predicted molar refractivity (Wildman–Crippen MR) is 79.5 cm³/mol. The van der Waals surface area contributed by atoms with E-state index in [1.54, 1.807) is 0 Å². The molecule has 1 aromatic carbocycles. The van der Waals surface area contributed by atoms with Gasteiger partial charge in [0.05, 0.1) is 4.99 Å². The molecule has 0 bridgehead atoms. The van der Waals surface area contributed by atoms with Gasteiger partial charge in [0.15, 0.2) is 0 Å². The van der Waals surface area contributed by atoms with E-state index in [4.69, 9.17) is 18.0 Å². The van der Waals surface area contributed by atoms with Gasteiger partial charge in [-0.2, -0.15) is 0 Å². The summed E-state index contributed by atoms with van der Waals surface area (Å²) >= 11 is 7.91. The first-order chi connectivity index (χ1) is 9.40. The number of thiocarbonyl (C=S) groups is 1. The molecule has 1 amide bonds. The zero-order chi connectivity index (χ0) is 14.9. The Bertz CT molecular complexity index is 544. The molecule has 1 unspecified atom stereocenters. The van der Waals surface area contributed by atoms with Gasteiger partial charge in [-0.1, -0.05) is 28.1 Å². The van der Waals surface area contributed by atoms with Crippen molar-refractivity contribution in [2.24, 2.45) is 11.7 Å². The second-order valence-corrected chi connectivity index (χ2v) is 6.12. The minimum absolute atomic E-state index is 0.0933. The number of amides is 1. The lowest BCUT2D eigenvalue weighted by Crippen LogP contribution is -2.44. The molecule has 1 atom stereocenters. The van der Waals surface area contributed by atoms with Crippen molar-refractivity contribution in [3.8, 4) is 0 Å². The maximum Gasteiger partial charge on any atom is 0.259 e. The van der Waals surface area contributed by atoms with Gasteiger partial charge in [-0.3, -0.25) is 4.79 Å². The van der Waals surface area contributed by atoms with Crippen molar-refractivity contribution >= 4 is 39.0 Å². The summed E-state index contributed by atoms with van der Waals surface area (Å²) in [4.78, 5) is 14.0. The van der Waals surface area contributed by atoms with Crippen molar-refractivity contribution in [2.45, 2.75) is 12.8 Å². The van der Waals surface area contributed by atoms with Gasteiger partial charge in [-0.15, -0.1) is 0 Å². The molecule has 3 nitrogen and oxygen atoms in total. The number of rotatable bonds is 2.